The SMILES string of the molecule is CNCCCNCCc1ccccc1C. The van der Waals surface area contributed by atoms with Crippen LogP contribution < -0.4 is 10.6 Å². The molecule has 0 aliphatic rings. The zero-order valence-electron chi connectivity index (χ0n) is 9.84. The predicted molar refractivity (Wildman–Crippen MR) is 66.3 cm³/mol. The molecule has 0 radical (unpaired) electrons. The monoisotopic (exact) mass is 206 g/mol. The van der Waals surface area contributed by atoms with Gasteiger partial charge in [-0.05, 0) is 57.6 Å². The molecule has 0 aliphatic carbocycles. The molecule has 2 heteroatoms. The van der Waals surface area contributed by atoms with Crippen LogP contribution in [0, 0.1) is 6.92 Å². The van der Waals surface area contributed by atoms with E-state index in [1.54, 1.807) is 0 Å². The molecule has 15 heavy (non-hydrogen) atoms. The molecule has 1 rings (SSSR count). The molecule has 0 aromatic heterocycles. The summed E-state index contributed by atoms with van der Waals surface area (Å²) in [5.41, 5.74) is 2.85. The Labute approximate surface area is 93.1 Å². The summed E-state index contributed by atoms with van der Waals surface area (Å²) >= 11 is 0. The maximum atomic E-state index is 3.46. The fourth-order valence-corrected chi connectivity index (χ4v) is 1.63. The first-order valence-electron chi connectivity index (χ1n) is 5.74. The molecule has 84 valence electrons. The van der Waals surface area contributed by atoms with Crippen molar-refractivity contribution in [1.82, 2.24) is 10.6 Å². The second-order valence-electron chi connectivity index (χ2n) is 3.88. The van der Waals surface area contributed by atoms with E-state index in [2.05, 4.69) is 41.8 Å². The highest BCUT2D eigenvalue weighted by Crippen LogP contribution is 2.06. The van der Waals surface area contributed by atoms with Gasteiger partial charge in [0, 0.05) is 0 Å². The smallest absolute Gasteiger partial charge is 0.000824 e. The van der Waals surface area contributed by atoms with Crippen LogP contribution >= 0.6 is 0 Å². The molecular weight excluding hydrogens is 184 g/mol. The topological polar surface area (TPSA) is 24.1 Å². The van der Waals surface area contributed by atoms with Gasteiger partial charge in [-0.15, -0.1) is 0 Å². The third-order valence-corrected chi connectivity index (χ3v) is 2.61. The Morgan fingerprint density at radius 3 is 2.60 bits per heavy atom. The third kappa shape index (κ3) is 4.96. The average Bonchev–Trinajstić information content (AvgIpc) is 2.25. The first kappa shape index (κ1) is 12.2. The van der Waals surface area contributed by atoms with Crippen LogP contribution in [0.5, 0.6) is 0 Å². The minimum Gasteiger partial charge on any atom is -0.320 e. The molecule has 0 amide bonds. The lowest BCUT2D eigenvalue weighted by Gasteiger charge is -2.06. The van der Waals surface area contributed by atoms with Crippen molar-refractivity contribution in [2.75, 3.05) is 26.7 Å². The van der Waals surface area contributed by atoms with Gasteiger partial charge in [0.2, 0.25) is 0 Å². The van der Waals surface area contributed by atoms with Gasteiger partial charge in [-0.25, -0.2) is 0 Å². The van der Waals surface area contributed by atoms with Crippen molar-refractivity contribution in [1.29, 1.82) is 0 Å². The number of nitrogens with one attached hydrogen (secondary N) is 2. The lowest BCUT2D eigenvalue weighted by Crippen LogP contribution is -2.22. The third-order valence-electron chi connectivity index (χ3n) is 2.61. The van der Waals surface area contributed by atoms with Gasteiger partial charge in [-0.3, -0.25) is 0 Å². The van der Waals surface area contributed by atoms with Gasteiger partial charge >= 0.3 is 0 Å². The van der Waals surface area contributed by atoms with Crippen molar-refractivity contribution < 1.29 is 0 Å². The van der Waals surface area contributed by atoms with E-state index in [0.29, 0.717) is 0 Å². The maximum absolute atomic E-state index is 3.46. The second-order valence-corrected chi connectivity index (χ2v) is 3.88. The minimum absolute atomic E-state index is 1.08. The van der Waals surface area contributed by atoms with Gasteiger partial charge in [0.1, 0.15) is 0 Å². The summed E-state index contributed by atoms with van der Waals surface area (Å²) in [7, 11) is 1.99. The van der Waals surface area contributed by atoms with E-state index in [1.165, 1.54) is 17.5 Å². The van der Waals surface area contributed by atoms with Crippen LogP contribution in [0.4, 0.5) is 0 Å². The van der Waals surface area contributed by atoms with Crippen molar-refractivity contribution >= 4 is 0 Å². The number of benzene rings is 1. The van der Waals surface area contributed by atoms with Gasteiger partial charge in [0.25, 0.3) is 0 Å². The van der Waals surface area contributed by atoms with Crippen LogP contribution in [0.2, 0.25) is 0 Å². The summed E-state index contributed by atoms with van der Waals surface area (Å²) in [5.74, 6) is 0. The number of aryl methyl sites for hydroxylation is 1. The molecule has 0 atom stereocenters. The molecule has 0 saturated heterocycles. The molecule has 0 unspecified atom stereocenters. The molecule has 1 aromatic carbocycles. The average molecular weight is 206 g/mol. The highest BCUT2D eigenvalue weighted by Gasteiger charge is 1.95. The molecular formula is C13H22N2. The van der Waals surface area contributed by atoms with E-state index < -0.39 is 0 Å². The molecule has 2 nitrogen and oxygen atoms in total. The number of hydrogen-bond acceptors (Lipinski definition) is 2. The van der Waals surface area contributed by atoms with Crippen LogP contribution in [0.25, 0.3) is 0 Å². The fourth-order valence-electron chi connectivity index (χ4n) is 1.63. The lowest BCUT2D eigenvalue weighted by atomic mass is 10.1. The minimum atomic E-state index is 1.08. The fraction of sp³-hybridized carbons (Fsp3) is 0.538. The van der Waals surface area contributed by atoms with Gasteiger partial charge in [-0.2, -0.15) is 0 Å². The molecule has 0 heterocycles. The standard InChI is InChI=1S/C13H22N2/c1-12-6-3-4-7-13(12)8-11-15-10-5-9-14-2/h3-4,6-7,14-15H,5,8-11H2,1-2H3. The lowest BCUT2D eigenvalue weighted by molar-refractivity contribution is 0.624. The maximum Gasteiger partial charge on any atom is -0.000824 e. The first-order valence-corrected chi connectivity index (χ1v) is 5.74. The Hall–Kier alpha value is -0.860. The Morgan fingerprint density at radius 2 is 1.87 bits per heavy atom. The van der Waals surface area contributed by atoms with Gasteiger partial charge in [-0.1, -0.05) is 24.3 Å². The van der Waals surface area contributed by atoms with Crippen LogP contribution in [0.3, 0.4) is 0 Å². The van der Waals surface area contributed by atoms with Gasteiger partial charge < -0.3 is 10.6 Å². The van der Waals surface area contributed by atoms with Crippen LogP contribution in [-0.2, 0) is 6.42 Å². The molecule has 0 bridgehead atoms. The summed E-state index contributed by atoms with van der Waals surface area (Å²) in [6, 6.07) is 8.60. The molecule has 2 N–H and O–H groups in total. The second kappa shape index (κ2) is 7.43. The van der Waals surface area contributed by atoms with E-state index in [-0.39, 0.29) is 0 Å². The first-order chi connectivity index (χ1) is 7.34. The summed E-state index contributed by atoms with van der Waals surface area (Å²) in [5, 5.41) is 6.60. The molecule has 0 spiro atoms. The summed E-state index contributed by atoms with van der Waals surface area (Å²) in [6.45, 7) is 5.45. The molecule has 1 aromatic rings. The molecule has 0 saturated carbocycles. The van der Waals surface area contributed by atoms with Crippen LogP contribution in [0.1, 0.15) is 17.5 Å². The zero-order valence-corrected chi connectivity index (χ0v) is 9.84. The normalized spacial score (nSPS) is 10.5. The highest BCUT2D eigenvalue weighted by molar-refractivity contribution is 5.25. The quantitative estimate of drug-likeness (QED) is 0.664. The highest BCUT2D eigenvalue weighted by atomic mass is 14.9. The van der Waals surface area contributed by atoms with Crippen molar-refractivity contribution in [3.63, 3.8) is 0 Å². The number of rotatable bonds is 7. The Balaban J connectivity index is 2.12. The summed E-state index contributed by atoms with van der Waals surface area (Å²) in [6.07, 6.45) is 2.33. The van der Waals surface area contributed by atoms with Gasteiger partial charge in [0.05, 0.1) is 0 Å². The van der Waals surface area contributed by atoms with Crippen LogP contribution in [0.15, 0.2) is 24.3 Å². The van der Waals surface area contributed by atoms with E-state index >= 15 is 0 Å². The van der Waals surface area contributed by atoms with E-state index in [1.807, 2.05) is 7.05 Å². The van der Waals surface area contributed by atoms with Gasteiger partial charge in [0.15, 0.2) is 0 Å². The Kier molecular flexibility index (Phi) is 6.05. The Morgan fingerprint density at radius 1 is 1.07 bits per heavy atom. The van der Waals surface area contributed by atoms with Crippen molar-refractivity contribution in [3.8, 4) is 0 Å². The van der Waals surface area contributed by atoms with E-state index in [0.717, 1.165) is 26.1 Å². The predicted octanol–water partition coefficient (Wildman–Crippen LogP) is 1.74. The van der Waals surface area contributed by atoms with E-state index in [9.17, 15) is 0 Å². The van der Waals surface area contributed by atoms with Crippen LogP contribution in [-0.4, -0.2) is 26.7 Å². The van der Waals surface area contributed by atoms with Crippen molar-refractivity contribution in [3.05, 3.63) is 35.4 Å². The summed E-state index contributed by atoms with van der Waals surface area (Å²) in [4.78, 5) is 0. The van der Waals surface area contributed by atoms with E-state index in [4.69, 9.17) is 0 Å². The largest absolute Gasteiger partial charge is 0.320 e. The summed E-state index contributed by atoms with van der Waals surface area (Å²) < 4.78 is 0. The Bertz CT molecular complexity index is 271. The number of hydrogen-bond donors (Lipinski definition) is 2. The van der Waals surface area contributed by atoms with Crippen molar-refractivity contribution in [2.24, 2.45) is 0 Å². The zero-order chi connectivity index (χ0) is 10.9. The molecule has 0 aliphatic heterocycles. The molecule has 0 fully saturated rings. The van der Waals surface area contributed by atoms with Crippen molar-refractivity contribution in [2.45, 2.75) is 19.8 Å².